The summed E-state index contributed by atoms with van der Waals surface area (Å²) in [5.41, 5.74) is 0.775. The molecule has 0 aromatic carbocycles. The third-order valence-corrected chi connectivity index (χ3v) is 3.00. The van der Waals surface area contributed by atoms with Crippen LogP contribution in [0.1, 0.15) is 60.3 Å². The summed E-state index contributed by atoms with van der Waals surface area (Å²) in [7, 11) is 0. The molecule has 4 nitrogen and oxygen atoms in total. The van der Waals surface area contributed by atoms with Crippen LogP contribution in [0.3, 0.4) is 0 Å². The number of Topliss-reactive ketones (excluding diaryl/α,β-unsaturated/α-hetero) is 1. The van der Waals surface area contributed by atoms with Gasteiger partial charge < -0.3 is 9.94 Å². The summed E-state index contributed by atoms with van der Waals surface area (Å²) in [6.45, 7) is 9.75. The van der Waals surface area contributed by atoms with Crippen LogP contribution in [-0.2, 0) is 9.63 Å². The molecule has 0 atom stereocenters. The van der Waals surface area contributed by atoms with E-state index in [1.807, 2.05) is 34.6 Å². The van der Waals surface area contributed by atoms with Gasteiger partial charge in [-0.1, -0.05) is 32.3 Å². The number of oxime groups is 1. The van der Waals surface area contributed by atoms with Crippen LogP contribution in [0.25, 0.3) is 0 Å². The van der Waals surface area contributed by atoms with Crippen LogP contribution >= 0.6 is 0 Å². The first-order chi connectivity index (χ1) is 8.76. The maximum Gasteiger partial charge on any atom is 0.168 e. The van der Waals surface area contributed by atoms with Gasteiger partial charge in [-0.2, -0.15) is 0 Å². The minimum absolute atomic E-state index is 0.0340. The summed E-state index contributed by atoms with van der Waals surface area (Å²) < 4.78 is 0. The van der Waals surface area contributed by atoms with E-state index in [9.17, 15) is 9.90 Å². The van der Waals surface area contributed by atoms with E-state index < -0.39 is 0 Å². The fraction of sp³-hybridized carbons (Fsp3) is 0.733. The van der Waals surface area contributed by atoms with E-state index in [0.29, 0.717) is 30.5 Å². The third-order valence-electron chi connectivity index (χ3n) is 3.00. The second kappa shape index (κ2) is 6.22. The van der Waals surface area contributed by atoms with Crippen LogP contribution in [0.5, 0.6) is 0 Å². The highest BCUT2D eigenvalue weighted by atomic mass is 16.6. The number of hydrogen-bond acceptors (Lipinski definition) is 4. The Hall–Kier alpha value is -1.32. The largest absolute Gasteiger partial charge is 0.511 e. The van der Waals surface area contributed by atoms with Crippen molar-refractivity contribution < 1.29 is 14.7 Å². The molecule has 108 valence electrons. The summed E-state index contributed by atoms with van der Waals surface area (Å²) in [4.78, 5) is 17.5. The van der Waals surface area contributed by atoms with Crippen molar-refractivity contribution in [1.29, 1.82) is 0 Å². The quantitative estimate of drug-likeness (QED) is 0.609. The Morgan fingerprint density at radius 1 is 1.42 bits per heavy atom. The summed E-state index contributed by atoms with van der Waals surface area (Å²) in [5.74, 6) is 0.120. The van der Waals surface area contributed by atoms with Crippen LogP contribution in [0.4, 0.5) is 0 Å². The molecule has 0 unspecified atom stereocenters. The summed E-state index contributed by atoms with van der Waals surface area (Å²) in [6.07, 6.45) is 2.41. The van der Waals surface area contributed by atoms with Crippen LogP contribution < -0.4 is 0 Å². The second-order valence-corrected chi connectivity index (χ2v) is 6.20. The number of aliphatic hydroxyl groups excluding tert-OH is 1. The smallest absolute Gasteiger partial charge is 0.168 e. The molecule has 1 rings (SSSR count). The molecule has 0 heterocycles. The number of carbonyl (C=O) groups is 1. The highest BCUT2D eigenvalue weighted by Gasteiger charge is 2.35. The van der Waals surface area contributed by atoms with Gasteiger partial charge in [0.2, 0.25) is 0 Å². The van der Waals surface area contributed by atoms with Crippen molar-refractivity contribution in [2.75, 3.05) is 0 Å². The normalized spacial score (nSPS) is 20.1. The van der Waals surface area contributed by atoms with Crippen molar-refractivity contribution in [2.24, 2.45) is 10.6 Å². The van der Waals surface area contributed by atoms with Crippen molar-refractivity contribution >= 4 is 11.5 Å². The van der Waals surface area contributed by atoms with E-state index in [2.05, 4.69) is 5.16 Å². The maximum absolute atomic E-state index is 12.2. The van der Waals surface area contributed by atoms with Crippen LogP contribution in [-0.4, -0.2) is 22.7 Å². The summed E-state index contributed by atoms with van der Waals surface area (Å²) >= 11 is 0. The van der Waals surface area contributed by atoms with E-state index >= 15 is 0 Å². The highest BCUT2D eigenvalue weighted by molar-refractivity contribution is 6.23. The molecule has 0 bridgehead atoms. The topological polar surface area (TPSA) is 58.9 Å². The minimum atomic E-state index is -0.180. The van der Waals surface area contributed by atoms with E-state index in [4.69, 9.17) is 4.84 Å². The highest BCUT2D eigenvalue weighted by Crippen LogP contribution is 2.36. The van der Waals surface area contributed by atoms with Gasteiger partial charge in [0.15, 0.2) is 5.78 Å². The zero-order valence-electron chi connectivity index (χ0n) is 12.6. The van der Waals surface area contributed by atoms with E-state index in [-0.39, 0.29) is 23.1 Å². The summed E-state index contributed by atoms with van der Waals surface area (Å²) in [5, 5.41) is 14.2. The first-order valence-electron chi connectivity index (χ1n) is 6.95. The second-order valence-electron chi connectivity index (χ2n) is 6.20. The Balaban J connectivity index is 3.07. The molecule has 0 aromatic rings. The lowest BCUT2D eigenvalue weighted by Gasteiger charge is -2.29. The molecule has 0 fully saturated rings. The van der Waals surface area contributed by atoms with E-state index in [1.54, 1.807) is 0 Å². The van der Waals surface area contributed by atoms with E-state index in [1.165, 1.54) is 0 Å². The van der Waals surface area contributed by atoms with Crippen molar-refractivity contribution in [3.63, 3.8) is 0 Å². The van der Waals surface area contributed by atoms with Gasteiger partial charge in [-0.15, -0.1) is 0 Å². The number of allylic oxidation sites excluding steroid dienone is 2. The number of rotatable bonds is 5. The zero-order valence-corrected chi connectivity index (χ0v) is 12.6. The predicted octanol–water partition coefficient (Wildman–Crippen LogP) is 3.77. The molecule has 1 aliphatic carbocycles. The average Bonchev–Trinajstić information content (AvgIpc) is 2.22. The molecule has 1 aliphatic rings. The van der Waals surface area contributed by atoms with Crippen LogP contribution in [0.15, 0.2) is 16.5 Å². The molecule has 0 radical (unpaired) electrons. The van der Waals surface area contributed by atoms with Gasteiger partial charge >= 0.3 is 0 Å². The molecular formula is C15H25NO3. The molecule has 0 aliphatic heterocycles. The number of carbonyl (C=O) groups excluding carboxylic acids is 1. The first kappa shape index (κ1) is 15.7. The standard InChI is InChI=1S/C15H25NO3/c1-6-7-11(16-19-10(2)3)14-12(17)8-15(4,5)9-13(14)18/h10,17H,6-9H2,1-5H3. The molecule has 0 saturated carbocycles. The number of aliphatic hydroxyl groups is 1. The zero-order chi connectivity index (χ0) is 14.6. The molecule has 1 N–H and O–H groups in total. The SMILES string of the molecule is CCCC(=NOC(C)C)C1=C(O)CC(C)(C)CC1=O. The number of hydrogen-bond donors (Lipinski definition) is 1. The van der Waals surface area contributed by atoms with Gasteiger partial charge in [0.1, 0.15) is 11.9 Å². The Kier molecular flexibility index (Phi) is 5.15. The Labute approximate surface area is 115 Å². The van der Waals surface area contributed by atoms with Gasteiger partial charge in [0.05, 0.1) is 11.3 Å². The molecule has 0 amide bonds. The summed E-state index contributed by atoms with van der Waals surface area (Å²) in [6, 6.07) is 0. The average molecular weight is 267 g/mol. The maximum atomic E-state index is 12.2. The van der Waals surface area contributed by atoms with Crippen LogP contribution in [0, 0.1) is 5.41 Å². The van der Waals surface area contributed by atoms with Gasteiger partial charge in [-0.25, -0.2) is 0 Å². The molecule has 0 aromatic heterocycles. The number of ketones is 1. The Morgan fingerprint density at radius 2 is 2.05 bits per heavy atom. The molecule has 0 saturated heterocycles. The monoisotopic (exact) mass is 267 g/mol. The van der Waals surface area contributed by atoms with Crippen molar-refractivity contribution in [3.8, 4) is 0 Å². The lowest BCUT2D eigenvalue weighted by molar-refractivity contribution is -0.118. The Bertz CT molecular complexity index is 406. The fourth-order valence-electron chi connectivity index (χ4n) is 2.24. The van der Waals surface area contributed by atoms with Crippen molar-refractivity contribution in [2.45, 2.75) is 66.4 Å². The van der Waals surface area contributed by atoms with Crippen molar-refractivity contribution in [1.82, 2.24) is 0 Å². The minimum Gasteiger partial charge on any atom is -0.511 e. The Morgan fingerprint density at radius 3 is 2.53 bits per heavy atom. The van der Waals surface area contributed by atoms with Gasteiger partial charge in [0, 0.05) is 12.8 Å². The molecule has 0 spiro atoms. The third kappa shape index (κ3) is 4.37. The molecule has 4 heteroatoms. The van der Waals surface area contributed by atoms with Gasteiger partial charge in [-0.05, 0) is 25.7 Å². The van der Waals surface area contributed by atoms with Crippen molar-refractivity contribution in [3.05, 3.63) is 11.3 Å². The molecular weight excluding hydrogens is 242 g/mol. The lowest BCUT2D eigenvalue weighted by atomic mass is 9.75. The predicted molar refractivity (Wildman–Crippen MR) is 76.2 cm³/mol. The van der Waals surface area contributed by atoms with Crippen LogP contribution in [0.2, 0.25) is 0 Å². The first-order valence-corrected chi connectivity index (χ1v) is 6.95. The van der Waals surface area contributed by atoms with E-state index in [0.717, 1.165) is 6.42 Å². The lowest BCUT2D eigenvalue weighted by Crippen LogP contribution is -2.29. The number of nitrogens with zero attached hydrogens (tertiary/aromatic N) is 1. The van der Waals surface area contributed by atoms with Gasteiger partial charge in [-0.3, -0.25) is 4.79 Å². The van der Waals surface area contributed by atoms with Gasteiger partial charge in [0.25, 0.3) is 0 Å². The fourth-order valence-corrected chi connectivity index (χ4v) is 2.24. The molecule has 19 heavy (non-hydrogen) atoms.